The smallest absolute Gasteiger partial charge is 0.163 e. The standard InChI is InChI=1S/C9H18O4/c1-6(4-10)8(11)7-5-12-9(2,3)13-7/h6-8,10-11H,4-5H2,1-3H3. The van der Waals surface area contributed by atoms with Crippen molar-refractivity contribution in [3.8, 4) is 0 Å². The first-order chi connectivity index (χ1) is 5.96. The summed E-state index contributed by atoms with van der Waals surface area (Å²) in [4.78, 5) is 0. The molecule has 2 N–H and O–H groups in total. The molecule has 0 saturated carbocycles. The van der Waals surface area contributed by atoms with Crippen LogP contribution >= 0.6 is 0 Å². The second kappa shape index (κ2) is 3.92. The number of rotatable bonds is 3. The third-order valence-corrected chi connectivity index (χ3v) is 2.28. The van der Waals surface area contributed by atoms with Gasteiger partial charge in [-0.2, -0.15) is 0 Å². The molecule has 1 heterocycles. The Bertz CT molecular complexity index is 169. The molecule has 1 rings (SSSR count). The van der Waals surface area contributed by atoms with Crippen LogP contribution in [0.3, 0.4) is 0 Å². The average Bonchev–Trinajstić information content (AvgIpc) is 2.43. The molecular formula is C9H18O4. The van der Waals surface area contributed by atoms with Gasteiger partial charge in [0.15, 0.2) is 5.79 Å². The summed E-state index contributed by atoms with van der Waals surface area (Å²) in [6, 6.07) is 0. The van der Waals surface area contributed by atoms with Crippen LogP contribution < -0.4 is 0 Å². The normalized spacial score (nSPS) is 31.6. The van der Waals surface area contributed by atoms with Crippen molar-refractivity contribution in [1.82, 2.24) is 0 Å². The van der Waals surface area contributed by atoms with Gasteiger partial charge in [0, 0.05) is 12.5 Å². The molecule has 1 aliphatic rings. The van der Waals surface area contributed by atoms with Crippen molar-refractivity contribution in [2.45, 2.75) is 38.8 Å². The summed E-state index contributed by atoms with van der Waals surface area (Å²) in [5.74, 6) is -0.789. The summed E-state index contributed by atoms with van der Waals surface area (Å²) in [6.07, 6.45) is -0.982. The molecule has 0 aromatic carbocycles. The van der Waals surface area contributed by atoms with Crippen LogP contribution in [0.4, 0.5) is 0 Å². The first kappa shape index (κ1) is 10.9. The molecule has 0 radical (unpaired) electrons. The Morgan fingerprint density at radius 1 is 1.54 bits per heavy atom. The van der Waals surface area contributed by atoms with E-state index in [1.165, 1.54) is 0 Å². The Kier molecular flexibility index (Phi) is 3.29. The van der Waals surface area contributed by atoms with E-state index in [1.807, 2.05) is 13.8 Å². The molecule has 0 aromatic rings. The van der Waals surface area contributed by atoms with Crippen LogP contribution in [-0.2, 0) is 9.47 Å². The average molecular weight is 190 g/mol. The molecular weight excluding hydrogens is 172 g/mol. The van der Waals surface area contributed by atoms with E-state index >= 15 is 0 Å². The van der Waals surface area contributed by atoms with Crippen molar-refractivity contribution in [2.24, 2.45) is 5.92 Å². The van der Waals surface area contributed by atoms with E-state index in [2.05, 4.69) is 0 Å². The third-order valence-electron chi connectivity index (χ3n) is 2.28. The van der Waals surface area contributed by atoms with E-state index in [0.717, 1.165) is 0 Å². The first-order valence-electron chi connectivity index (χ1n) is 4.57. The van der Waals surface area contributed by atoms with Gasteiger partial charge < -0.3 is 19.7 Å². The number of hydrogen-bond acceptors (Lipinski definition) is 4. The lowest BCUT2D eigenvalue weighted by atomic mass is 10.0. The summed E-state index contributed by atoms with van der Waals surface area (Å²) >= 11 is 0. The minimum atomic E-state index is -0.660. The highest BCUT2D eigenvalue weighted by Gasteiger charge is 2.38. The summed E-state index contributed by atoms with van der Waals surface area (Å²) < 4.78 is 10.8. The fraction of sp³-hybridized carbons (Fsp3) is 1.00. The molecule has 78 valence electrons. The fourth-order valence-electron chi connectivity index (χ4n) is 1.36. The lowest BCUT2D eigenvalue weighted by Crippen LogP contribution is -2.36. The maximum absolute atomic E-state index is 9.68. The van der Waals surface area contributed by atoms with Gasteiger partial charge in [-0.05, 0) is 13.8 Å². The zero-order valence-electron chi connectivity index (χ0n) is 8.36. The molecule has 1 fully saturated rings. The van der Waals surface area contributed by atoms with E-state index < -0.39 is 11.9 Å². The van der Waals surface area contributed by atoms with Crippen molar-refractivity contribution < 1.29 is 19.7 Å². The minimum Gasteiger partial charge on any atom is -0.396 e. The second-order valence-electron chi connectivity index (χ2n) is 4.02. The number of ether oxygens (including phenoxy) is 2. The zero-order valence-corrected chi connectivity index (χ0v) is 8.36. The largest absolute Gasteiger partial charge is 0.396 e. The topological polar surface area (TPSA) is 58.9 Å². The van der Waals surface area contributed by atoms with Crippen molar-refractivity contribution in [2.75, 3.05) is 13.2 Å². The first-order valence-corrected chi connectivity index (χ1v) is 4.57. The highest BCUT2D eigenvalue weighted by Crippen LogP contribution is 2.26. The minimum absolute atomic E-state index is 0.0402. The number of hydrogen-bond donors (Lipinski definition) is 2. The van der Waals surface area contributed by atoms with Gasteiger partial charge in [0.1, 0.15) is 6.10 Å². The lowest BCUT2D eigenvalue weighted by molar-refractivity contribution is -0.156. The third kappa shape index (κ3) is 2.64. The predicted octanol–water partition coefficient (Wildman–Crippen LogP) is 0.127. The van der Waals surface area contributed by atoms with Gasteiger partial charge in [0.2, 0.25) is 0 Å². The van der Waals surface area contributed by atoms with E-state index in [9.17, 15) is 5.11 Å². The van der Waals surface area contributed by atoms with Gasteiger partial charge in [0.25, 0.3) is 0 Å². The summed E-state index contributed by atoms with van der Waals surface area (Å²) in [5, 5.41) is 18.5. The van der Waals surface area contributed by atoms with Crippen LogP contribution in [0.25, 0.3) is 0 Å². The van der Waals surface area contributed by atoms with Crippen molar-refractivity contribution in [3.05, 3.63) is 0 Å². The molecule has 0 bridgehead atoms. The van der Waals surface area contributed by atoms with Gasteiger partial charge >= 0.3 is 0 Å². The molecule has 0 spiro atoms. The summed E-state index contributed by atoms with van der Waals surface area (Å²) in [5.41, 5.74) is 0. The van der Waals surface area contributed by atoms with E-state index in [0.29, 0.717) is 6.61 Å². The predicted molar refractivity (Wildman–Crippen MR) is 47.2 cm³/mol. The molecule has 3 unspecified atom stereocenters. The van der Waals surface area contributed by atoms with Crippen LogP contribution in [0.2, 0.25) is 0 Å². The summed E-state index contributed by atoms with van der Waals surface area (Å²) in [7, 11) is 0. The van der Waals surface area contributed by atoms with Crippen LogP contribution in [0.5, 0.6) is 0 Å². The van der Waals surface area contributed by atoms with Gasteiger partial charge in [0.05, 0.1) is 12.7 Å². The monoisotopic (exact) mass is 190 g/mol. The highest BCUT2D eigenvalue weighted by molar-refractivity contribution is 4.80. The Hall–Kier alpha value is -0.160. The molecule has 3 atom stereocenters. The Labute approximate surface area is 78.5 Å². The van der Waals surface area contributed by atoms with Crippen LogP contribution in [-0.4, -0.2) is 41.4 Å². The maximum atomic E-state index is 9.68. The van der Waals surface area contributed by atoms with Crippen molar-refractivity contribution in [1.29, 1.82) is 0 Å². The van der Waals surface area contributed by atoms with Gasteiger partial charge in [-0.1, -0.05) is 6.92 Å². The van der Waals surface area contributed by atoms with E-state index in [-0.39, 0.29) is 18.6 Å². The molecule has 4 nitrogen and oxygen atoms in total. The quantitative estimate of drug-likeness (QED) is 0.664. The zero-order chi connectivity index (χ0) is 10.1. The van der Waals surface area contributed by atoms with Crippen LogP contribution in [0.15, 0.2) is 0 Å². The fourth-order valence-corrected chi connectivity index (χ4v) is 1.36. The number of aliphatic hydroxyl groups excluding tert-OH is 2. The molecule has 1 aliphatic heterocycles. The van der Waals surface area contributed by atoms with E-state index in [4.69, 9.17) is 14.6 Å². The maximum Gasteiger partial charge on any atom is 0.163 e. The molecule has 0 aliphatic carbocycles. The number of aliphatic hydroxyl groups is 2. The van der Waals surface area contributed by atoms with Gasteiger partial charge in [-0.25, -0.2) is 0 Å². The molecule has 1 saturated heterocycles. The molecule has 13 heavy (non-hydrogen) atoms. The van der Waals surface area contributed by atoms with Crippen LogP contribution in [0.1, 0.15) is 20.8 Å². The van der Waals surface area contributed by atoms with Gasteiger partial charge in [-0.15, -0.1) is 0 Å². The Morgan fingerprint density at radius 3 is 2.54 bits per heavy atom. The van der Waals surface area contributed by atoms with Crippen LogP contribution in [0, 0.1) is 5.92 Å². The molecule has 4 heteroatoms. The van der Waals surface area contributed by atoms with Crippen molar-refractivity contribution in [3.63, 3.8) is 0 Å². The second-order valence-corrected chi connectivity index (χ2v) is 4.02. The molecule has 0 amide bonds. The van der Waals surface area contributed by atoms with Crippen molar-refractivity contribution >= 4 is 0 Å². The lowest BCUT2D eigenvalue weighted by Gasteiger charge is -2.23. The Morgan fingerprint density at radius 2 is 2.15 bits per heavy atom. The molecule has 0 aromatic heterocycles. The van der Waals surface area contributed by atoms with Gasteiger partial charge in [-0.3, -0.25) is 0 Å². The van der Waals surface area contributed by atoms with E-state index in [1.54, 1.807) is 6.92 Å². The highest BCUT2D eigenvalue weighted by atomic mass is 16.7. The summed E-state index contributed by atoms with van der Waals surface area (Å²) in [6.45, 7) is 5.74. The SMILES string of the molecule is CC(CO)C(O)C1COC(C)(C)O1. The Balaban J connectivity index is 2.46.